The molecule has 1 amide bonds. The molecule has 1 saturated heterocycles. The van der Waals surface area contributed by atoms with Crippen molar-refractivity contribution < 1.29 is 9.32 Å². The maximum atomic E-state index is 12.7. The fraction of sp³-hybridized carbons (Fsp3) is 0.467. The highest BCUT2D eigenvalue weighted by atomic mass is 16.5. The summed E-state index contributed by atoms with van der Waals surface area (Å²) < 4.78 is 6.74. The second kappa shape index (κ2) is 5.99. The van der Waals surface area contributed by atoms with Crippen LogP contribution in [0, 0.1) is 0 Å². The van der Waals surface area contributed by atoms with Crippen molar-refractivity contribution in [1.82, 2.24) is 34.6 Å². The zero-order chi connectivity index (χ0) is 16.5. The van der Waals surface area contributed by atoms with Gasteiger partial charge in [-0.1, -0.05) is 12.1 Å². The van der Waals surface area contributed by atoms with Gasteiger partial charge >= 0.3 is 0 Å². The Labute approximate surface area is 137 Å². The minimum Gasteiger partial charge on any atom is -0.339 e. The van der Waals surface area contributed by atoms with Crippen molar-refractivity contribution in [2.24, 2.45) is 0 Å². The quantitative estimate of drug-likeness (QED) is 0.703. The van der Waals surface area contributed by atoms with Gasteiger partial charge in [0.2, 0.25) is 11.8 Å². The highest BCUT2D eigenvalue weighted by Gasteiger charge is 2.33. The van der Waals surface area contributed by atoms with Crippen LogP contribution in [-0.2, 0) is 17.6 Å². The first kappa shape index (κ1) is 14.7. The Morgan fingerprint density at radius 2 is 2.33 bits per heavy atom. The molecule has 4 rings (SSSR count). The molecule has 1 aliphatic rings. The zero-order valence-electron chi connectivity index (χ0n) is 13.3. The van der Waals surface area contributed by atoms with E-state index >= 15 is 0 Å². The number of likely N-dealkylation sites (tertiary alicyclic amines) is 1. The molecule has 0 unspecified atom stereocenters. The van der Waals surface area contributed by atoms with Gasteiger partial charge in [0.1, 0.15) is 0 Å². The number of carbonyl (C=O) groups is 1. The summed E-state index contributed by atoms with van der Waals surface area (Å²) in [4.78, 5) is 27.2. The average Bonchev–Trinajstić information content (AvgIpc) is 3.31. The lowest BCUT2D eigenvalue weighted by atomic mass is 10.2. The second-order valence-electron chi connectivity index (χ2n) is 5.71. The average molecular weight is 327 g/mol. The Bertz CT molecular complexity index is 838. The third kappa shape index (κ3) is 2.61. The molecule has 0 aliphatic carbocycles. The van der Waals surface area contributed by atoms with Crippen LogP contribution in [0.5, 0.6) is 0 Å². The number of hydrogen-bond acceptors (Lipinski definition) is 7. The number of aromatic nitrogens is 6. The molecule has 0 bridgehead atoms. The molecule has 4 heterocycles. The van der Waals surface area contributed by atoms with E-state index in [4.69, 9.17) is 4.52 Å². The number of fused-ring (bicyclic) bond motifs is 1. The lowest BCUT2D eigenvalue weighted by Crippen LogP contribution is -2.32. The van der Waals surface area contributed by atoms with Crippen molar-refractivity contribution in [2.75, 3.05) is 6.54 Å². The molecular weight excluding hydrogens is 310 g/mol. The third-order valence-electron chi connectivity index (χ3n) is 4.13. The normalized spacial score (nSPS) is 17.7. The van der Waals surface area contributed by atoms with Gasteiger partial charge in [-0.25, -0.2) is 9.50 Å². The second-order valence-corrected chi connectivity index (χ2v) is 5.71. The van der Waals surface area contributed by atoms with Gasteiger partial charge in [0.25, 0.3) is 5.78 Å². The van der Waals surface area contributed by atoms with Crippen LogP contribution >= 0.6 is 0 Å². The number of carbonyl (C=O) groups excluding carboxylic acids is 1. The number of amides is 1. The van der Waals surface area contributed by atoms with Crippen LogP contribution in [0.3, 0.4) is 0 Å². The van der Waals surface area contributed by atoms with Gasteiger partial charge < -0.3 is 9.42 Å². The van der Waals surface area contributed by atoms with Gasteiger partial charge in [-0.15, -0.1) is 5.10 Å². The zero-order valence-corrected chi connectivity index (χ0v) is 13.3. The predicted molar refractivity (Wildman–Crippen MR) is 81.9 cm³/mol. The monoisotopic (exact) mass is 327 g/mol. The molecule has 0 spiro atoms. The predicted octanol–water partition coefficient (Wildman–Crippen LogP) is 0.976. The van der Waals surface area contributed by atoms with Crippen LogP contribution in [0.1, 0.15) is 43.3 Å². The maximum absolute atomic E-state index is 12.7. The molecule has 0 radical (unpaired) electrons. The van der Waals surface area contributed by atoms with E-state index < -0.39 is 0 Å². The van der Waals surface area contributed by atoms with Crippen LogP contribution in [0.25, 0.3) is 5.78 Å². The molecular formula is C15H17N7O2. The highest BCUT2D eigenvalue weighted by Crippen LogP contribution is 2.30. The summed E-state index contributed by atoms with van der Waals surface area (Å²) in [5.41, 5.74) is 0. The summed E-state index contributed by atoms with van der Waals surface area (Å²) in [5, 5.41) is 8.30. The molecule has 1 aliphatic heterocycles. The molecule has 24 heavy (non-hydrogen) atoms. The first-order valence-corrected chi connectivity index (χ1v) is 8.03. The van der Waals surface area contributed by atoms with Gasteiger partial charge in [0.15, 0.2) is 11.6 Å². The molecule has 0 N–H and O–H groups in total. The molecule has 1 fully saturated rings. The standard InChI is InChI=1S/C15H17N7O2/c1-2-12-18-14(20-24-12)10-5-3-7-21(10)13(23)9-11-17-15-16-6-4-8-22(15)19-11/h4,6,8,10H,2-3,5,7,9H2,1H3/t10-/m1/s1. The molecule has 3 aromatic heterocycles. The van der Waals surface area contributed by atoms with Crippen molar-refractivity contribution in [1.29, 1.82) is 0 Å². The van der Waals surface area contributed by atoms with Gasteiger partial charge in [-0.2, -0.15) is 9.97 Å². The summed E-state index contributed by atoms with van der Waals surface area (Å²) >= 11 is 0. The van der Waals surface area contributed by atoms with Crippen molar-refractivity contribution in [3.05, 3.63) is 36.0 Å². The SMILES string of the molecule is CCc1nc([C@H]2CCCN2C(=O)Cc2nc3ncccn3n2)no1. The summed E-state index contributed by atoms with van der Waals surface area (Å²) in [5.74, 6) is 2.10. The molecule has 124 valence electrons. The van der Waals surface area contributed by atoms with E-state index in [0.29, 0.717) is 36.3 Å². The molecule has 1 atom stereocenters. The summed E-state index contributed by atoms with van der Waals surface area (Å²) in [7, 11) is 0. The van der Waals surface area contributed by atoms with Crippen LogP contribution < -0.4 is 0 Å². The van der Waals surface area contributed by atoms with Crippen LogP contribution in [0.15, 0.2) is 23.0 Å². The third-order valence-corrected chi connectivity index (χ3v) is 4.13. The van der Waals surface area contributed by atoms with Gasteiger partial charge in [-0.3, -0.25) is 4.79 Å². The number of rotatable bonds is 4. The van der Waals surface area contributed by atoms with Crippen molar-refractivity contribution in [3.8, 4) is 0 Å². The van der Waals surface area contributed by atoms with E-state index in [2.05, 4.69) is 25.2 Å². The van der Waals surface area contributed by atoms with E-state index in [1.165, 1.54) is 0 Å². The number of hydrogen-bond donors (Lipinski definition) is 0. The Kier molecular flexibility index (Phi) is 3.68. The molecule has 3 aromatic rings. The molecule has 0 saturated carbocycles. The van der Waals surface area contributed by atoms with Crippen LogP contribution in [-0.4, -0.2) is 47.1 Å². The van der Waals surface area contributed by atoms with E-state index in [-0.39, 0.29) is 18.4 Å². The van der Waals surface area contributed by atoms with Crippen molar-refractivity contribution in [3.63, 3.8) is 0 Å². The Morgan fingerprint density at radius 1 is 1.42 bits per heavy atom. The molecule has 0 aromatic carbocycles. The lowest BCUT2D eigenvalue weighted by molar-refractivity contribution is -0.131. The summed E-state index contributed by atoms with van der Waals surface area (Å²) in [6.45, 7) is 2.64. The summed E-state index contributed by atoms with van der Waals surface area (Å²) in [6.07, 6.45) is 5.99. The molecule has 9 nitrogen and oxygen atoms in total. The van der Waals surface area contributed by atoms with E-state index in [1.54, 1.807) is 27.9 Å². The maximum Gasteiger partial charge on any atom is 0.252 e. The Morgan fingerprint density at radius 3 is 3.12 bits per heavy atom. The van der Waals surface area contributed by atoms with Crippen LogP contribution in [0.4, 0.5) is 0 Å². The topological polar surface area (TPSA) is 102 Å². The highest BCUT2D eigenvalue weighted by molar-refractivity contribution is 5.78. The summed E-state index contributed by atoms with van der Waals surface area (Å²) in [6, 6.07) is 1.64. The Balaban J connectivity index is 1.52. The fourth-order valence-corrected chi connectivity index (χ4v) is 2.97. The molecule has 9 heteroatoms. The van der Waals surface area contributed by atoms with Gasteiger partial charge in [0, 0.05) is 25.4 Å². The first-order valence-electron chi connectivity index (χ1n) is 8.03. The minimum absolute atomic E-state index is 0.0312. The number of nitrogens with zero attached hydrogens (tertiary/aromatic N) is 7. The smallest absolute Gasteiger partial charge is 0.252 e. The van der Waals surface area contributed by atoms with Crippen molar-refractivity contribution in [2.45, 2.75) is 38.6 Å². The Hall–Kier alpha value is -2.84. The van der Waals surface area contributed by atoms with Crippen molar-refractivity contribution >= 4 is 11.7 Å². The van der Waals surface area contributed by atoms with Crippen LogP contribution in [0.2, 0.25) is 0 Å². The van der Waals surface area contributed by atoms with Gasteiger partial charge in [0.05, 0.1) is 12.5 Å². The van der Waals surface area contributed by atoms with E-state index in [1.807, 2.05) is 6.92 Å². The largest absolute Gasteiger partial charge is 0.339 e. The first-order chi connectivity index (χ1) is 11.7. The lowest BCUT2D eigenvalue weighted by Gasteiger charge is -2.21. The fourth-order valence-electron chi connectivity index (χ4n) is 2.97. The van der Waals surface area contributed by atoms with E-state index in [0.717, 1.165) is 12.8 Å². The van der Waals surface area contributed by atoms with Gasteiger partial charge in [-0.05, 0) is 18.9 Å². The minimum atomic E-state index is -0.128. The van der Waals surface area contributed by atoms with E-state index in [9.17, 15) is 4.79 Å². The number of aryl methyl sites for hydroxylation is 1.